The second kappa shape index (κ2) is 5.48. The molecule has 1 N–H and O–H groups in total. The van der Waals surface area contributed by atoms with E-state index < -0.39 is 22.8 Å². The van der Waals surface area contributed by atoms with Crippen molar-refractivity contribution < 1.29 is 9.59 Å². The number of carbonyl (C=O) groups excluding carboxylic acids is 2. The average molecular weight is 371 g/mol. The second-order valence-corrected chi connectivity index (χ2v) is 7.77. The minimum absolute atomic E-state index is 0.0120. The van der Waals surface area contributed by atoms with Crippen LogP contribution in [0.2, 0.25) is 0 Å². The highest BCUT2D eigenvalue weighted by Gasteiger charge is 2.50. The molecule has 0 fully saturated rings. The lowest BCUT2D eigenvalue weighted by Gasteiger charge is -2.42. The van der Waals surface area contributed by atoms with Crippen LogP contribution >= 0.6 is 0 Å². The van der Waals surface area contributed by atoms with E-state index in [9.17, 15) is 14.4 Å². The number of benzene rings is 2. The number of amides is 1. The van der Waals surface area contributed by atoms with Gasteiger partial charge in [-0.05, 0) is 38.0 Å². The Bertz CT molecular complexity index is 1280. The van der Waals surface area contributed by atoms with Crippen LogP contribution < -0.4 is 5.56 Å². The standard InChI is InChI=1S/C22H17N3O3/c1-22(2)11-12-7-3-4-8-13(12)18-16(19(26)21(28)25(18)22)17-20(27)24-15-10-6-5-9-14(15)23-17/h3-10H,11H2,1-2H3,(H,24,27). The van der Waals surface area contributed by atoms with Gasteiger partial charge in [0.2, 0.25) is 0 Å². The fraction of sp³-hybridized carbons (Fsp3) is 0.182. The number of rotatable bonds is 1. The van der Waals surface area contributed by atoms with Crippen molar-refractivity contribution in [3.05, 3.63) is 75.7 Å². The highest BCUT2D eigenvalue weighted by atomic mass is 16.2. The van der Waals surface area contributed by atoms with Crippen molar-refractivity contribution in [1.82, 2.24) is 14.9 Å². The number of nitrogens with zero attached hydrogens (tertiary/aromatic N) is 2. The lowest BCUT2D eigenvalue weighted by molar-refractivity contribution is -0.141. The van der Waals surface area contributed by atoms with Gasteiger partial charge in [-0.3, -0.25) is 19.3 Å². The Labute approximate surface area is 160 Å². The van der Waals surface area contributed by atoms with Crippen molar-refractivity contribution in [3.63, 3.8) is 0 Å². The first-order valence-corrected chi connectivity index (χ1v) is 9.09. The molecule has 3 aromatic rings. The summed E-state index contributed by atoms with van der Waals surface area (Å²) in [6.45, 7) is 3.85. The molecule has 0 spiro atoms. The van der Waals surface area contributed by atoms with E-state index in [1.165, 1.54) is 4.90 Å². The molecule has 1 amide bonds. The first-order chi connectivity index (χ1) is 13.4. The third-order valence-corrected chi connectivity index (χ3v) is 5.42. The molecule has 0 radical (unpaired) electrons. The lowest BCUT2D eigenvalue weighted by atomic mass is 9.84. The number of carbonyl (C=O) groups is 2. The predicted molar refractivity (Wildman–Crippen MR) is 105 cm³/mol. The zero-order valence-electron chi connectivity index (χ0n) is 15.4. The van der Waals surface area contributed by atoms with E-state index in [2.05, 4.69) is 9.97 Å². The number of aromatic nitrogens is 2. The zero-order valence-corrected chi connectivity index (χ0v) is 15.4. The number of fused-ring (bicyclic) bond motifs is 4. The van der Waals surface area contributed by atoms with Crippen molar-refractivity contribution >= 4 is 34.0 Å². The van der Waals surface area contributed by atoms with Crippen molar-refractivity contribution in [2.24, 2.45) is 0 Å². The molecular weight excluding hydrogens is 354 g/mol. The molecule has 3 heterocycles. The molecule has 0 saturated heterocycles. The minimum Gasteiger partial charge on any atom is -0.319 e. The molecule has 6 heteroatoms. The number of Topliss-reactive ketones (excluding diaryl/α,β-unsaturated/α-hetero) is 1. The molecule has 2 aliphatic heterocycles. The quantitative estimate of drug-likeness (QED) is 0.667. The van der Waals surface area contributed by atoms with Gasteiger partial charge in [0.15, 0.2) is 0 Å². The molecule has 0 aliphatic carbocycles. The number of aromatic amines is 1. The molecule has 138 valence electrons. The summed E-state index contributed by atoms with van der Waals surface area (Å²) in [5.74, 6) is -1.30. The van der Waals surface area contributed by atoms with Gasteiger partial charge in [0.1, 0.15) is 5.69 Å². The summed E-state index contributed by atoms with van der Waals surface area (Å²) < 4.78 is 0. The third kappa shape index (κ3) is 2.14. The highest BCUT2D eigenvalue weighted by molar-refractivity contribution is 6.60. The van der Waals surface area contributed by atoms with E-state index in [4.69, 9.17) is 0 Å². The van der Waals surface area contributed by atoms with Crippen LogP contribution in [0.15, 0.2) is 53.3 Å². The molecule has 28 heavy (non-hydrogen) atoms. The maximum Gasteiger partial charge on any atom is 0.300 e. The topological polar surface area (TPSA) is 83.1 Å². The van der Waals surface area contributed by atoms with Crippen LogP contribution in [0.1, 0.15) is 30.7 Å². The maximum atomic E-state index is 13.0. The Morgan fingerprint density at radius 1 is 1.00 bits per heavy atom. The Hall–Kier alpha value is -3.54. The van der Waals surface area contributed by atoms with Crippen LogP contribution in [-0.4, -0.2) is 32.1 Å². The van der Waals surface area contributed by atoms with Crippen LogP contribution in [0, 0.1) is 0 Å². The molecule has 1 aromatic heterocycles. The summed E-state index contributed by atoms with van der Waals surface area (Å²) in [6, 6.07) is 14.8. The van der Waals surface area contributed by atoms with Gasteiger partial charge in [-0.1, -0.05) is 36.4 Å². The summed E-state index contributed by atoms with van der Waals surface area (Å²) >= 11 is 0. The maximum absolute atomic E-state index is 13.0. The fourth-order valence-corrected chi connectivity index (χ4v) is 4.23. The predicted octanol–water partition coefficient (Wildman–Crippen LogP) is 2.54. The number of hydrogen-bond acceptors (Lipinski definition) is 4. The fourth-order valence-electron chi connectivity index (χ4n) is 4.23. The molecule has 6 nitrogen and oxygen atoms in total. The molecule has 2 aromatic carbocycles. The number of hydrogen-bond donors (Lipinski definition) is 1. The summed E-state index contributed by atoms with van der Waals surface area (Å²) in [6.07, 6.45) is 0.625. The molecule has 0 bridgehead atoms. The Kier molecular flexibility index (Phi) is 3.25. The SMILES string of the molecule is CC1(C)Cc2ccccc2C2=C(c3nc4ccccc4[nH]c3=O)C(=O)C(=O)N21. The highest BCUT2D eigenvalue weighted by Crippen LogP contribution is 2.45. The monoisotopic (exact) mass is 371 g/mol. The van der Waals surface area contributed by atoms with E-state index in [0.717, 1.165) is 11.1 Å². The van der Waals surface area contributed by atoms with Gasteiger partial charge in [-0.15, -0.1) is 0 Å². The molecule has 2 aliphatic rings. The number of nitrogens with one attached hydrogen (secondary N) is 1. The number of para-hydroxylation sites is 2. The first-order valence-electron chi connectivity index (χ1n) is 9.09. The molecule has 5 rings (SSSR count). The average Bonchev–Trinajstić information content (AvgIpc) is 2.93. The Balaban J connectivity index is 1.89. The van der Waals surface area contributed by atoms with Gasteiger partial charge in [0, 0.05) is 11.1 Å². The van der Waals surface area contributed by atoms with Gasteiger partial charge >= 0.3 is 0 Å². The smallest absolute Gasteiger partial charge is 0.300 e. The summed E-state index contributed by atoms with van der Waals surface area (Å²) in [5.41, 5.74) is 2.47. The number of ketones is 1. The van der Waals surface area contributed by atoms with E-state index in [-0.39, 0.29) is 11.3 Å². The van der Waals surface area contributed by atoms with Crippen LogP contribution in [0.4, 0.5) is 0 Å². The van der Waals surface area contributed by atoms with E-state index in [0.29, 0.717) is 23.2 Å². The van der Waals surface area contributed by atoms with Crippen LogP contribution in [-0.2, 0) is 16.0 Å². The normalized spacial score (nSPS) is 17.9. The molecular formula is C22H17N3O3. The van der Waals surface area contributed by atoms with Crippen molar-refractivity contribution in [2.45, 2.75) is 25.8 Å². The van der Waals surface area contributed by atoms with E-state index >= 15 is 0 Å². The molecule has 0 saturated carbocycles. The van der Waals surface area contributed by atoms with Gasteiger partial charge < -0.3 is 4.98 Å². The van der Waals surface area contributed by atoms with Crippen molar-refractivity contribution in [3.8, 4) is 0 Å². The Morgan fingerprint density at radius 3 is 2.54 bits per heavy atom. The zero-order chi connectivity index (χ0) is 19.6. The largest absolute Gasteiger partial charge is 0.319 e. The summed E-state index contributed by atoms with van der Waals surface area (Å²) in [5, 5.41) is 0. The summed E-state index contributed by atoms with van der Waals surface area (Å²) in [7, 11) is 0. The Morgan fingerprint density at radius 2 is 1.71 bits per heavy atom. The number of H-pyrrole nitrogens is 1. The van der Waals surface area contributed by atoms with Crippen molar-refractivity contribution in [2.75, 3.05) is 0 Å². The van der Waals surface area contributed by atoms with Crippen LogP contribution in [0.25, 0.3) is 22.3 Å². The van der Waals surface area contributed by atoms with Crippen LogP contribution in [0.5, 0.6) is 0 Å². The third-order valence-electron chi connectivity index (χ3n) is 5.42. The van der Waals surface area contributed by atoms with E-state index in [1.54, 1.807) is 18.2 Å². The minimum atomic E-state index is -0.687. The summed E-state index contributed by atoms with van der Waals surface area (Å²) in [4.78, 5) is 47.5. The van der Waals surface area contributed by atoms with Crippen LogP contribution in [0.3, 0.4) is 0 Å². The van der Waals surface area contributed by atoms with Gasteiger partial charge in [-0.2, -0.15) is 0 Å². The van der Waals surface area contributed by atoms with Crippen molar-refractivity contribution in [1.29, 1.82) is 0 Å². The molecule has 0 unspecified atom stereocenters. The first kappa shape index (κ1) is 16.6. The van der Waals surface area contributed by atoms with Gasteiger partial charge in [0.05, 0.1) is 22.3 Å². The van der Waals surface area contributed by atoms with Gasteiger partial charge in [-0.25, -0.2) is 4.98 Å². The second-order valence-electron chi connectivity index (χ2n) is 7.77. The van der Waals surface area contributed by atoms with E-state index in [1.807, 2.05) is 44.2 Å². The molecule has 0 atom stereocenters. The van der Waals surface area contributed by atoms with Gasteiger partial charge in [0.25, 0.3) is 17.2 Å². The lowest BCUT2D eigenvalue weighted by Crippen LogP contribution is -2.49.